The van der Waals surface area contributed by atoms with E-state index in [-0.39, 0.29) is 23.9 Å². The van der Waals surface area contributed by atoms with Crippen molar-refractivity contribution in [2.75, 3.05) is 26.2 Å². The minimum Gasteiger partial charge on any atom is -0.481 e. The number of nitrogens with zero attached hydrogens (tertiary/aromatic N) is 2. The first-order chi connectivity index (χ1) is 14.1. The zero-order valence-electron chi connectivity index (χ0n) is 18.3. The molecule has 0 spiro atoms. The molecule has 0 aliphatic carbocycles. The summed E-state index contributed by atoms with van der Waals surface area (Å²) in [6.45, 7) is 10.9. The molecule has 7 heteroatoms. The lowest BCUT2D eigenvalue weighted by atomic mass is 10.1. The number of hydrogen-bond acceptors (Lipinski definition) is 4. The molecule has 0 unspecified atom stereocenters. The van der Waals surface area contributed by atoms with E-state index in [0.29, 0.717) is 18.8 Å². The number of piperazine rings is 1. The largest absolute Gasteiger partial charge is 0.481 e. The van der Waals surface area contributed by atoms with Gasteiger partial charge in [0, 0.05) is 26.2 Å². The van der Waals surface area contributed by atoms with Gasteiger partial charge in [-0.25, -0.2) is 8.42 Å². The summed E-state index contributed by atoms with van der Waals surface area (Å²) in [7, 11) is -3.55. The molecule has 1 fully saturated rings. The summed E-state index contributed by atoms with van der Waals surface area (Å²) >= 11 is 0. The number of amides is 1. The van der Waals surface area contributed by atoms with Gasteiger partial charge in [0.1, 0.15) is 5.75 Å². The standard InChI is InChI=1S/C23H30N2O4S/c1-16-6-8-21(9-7-16)30(27,28)25-12-10-24(11-13-25)23(26)20(5)29-22-15-17(2)14-18(3)19(22)4/h6-9,14-15,20H,10-13H2,1-5H3/t20-/m0/s1. The molecule has 30 heavy (non-hydrogen) atoms. The first-order valence-electron chi connectivity index (χ1n) is 10.2. The van der Waals surface area contributed by atoms with E-state index in [1.165, 1.54) is 4.31 Å². The number of sulfonamides is 1. The SMILES string of the molecule is Cc1ccc(S(=O)(=O)N2CCN(C(=O)[C@H](C)Oc3cc(C)cc(C)c3C)CC2)cc1. The molecule has 1 heterocycles. The number of aryl methyl sites for hydroxylation is 3. The quantitative estimate of drug-likeness (QED) is 0.731. The van der Waals surface area contributed by atoms with Gasteiger partial charge in [-0.1, -0.05) is 23.8 Å². The van der Waals surface area contributed by atoms with Crippen LogP contribution in [0.15, 0.2) is 41.3 Å². The van der Waals surface area contributed by atoms with Crippen molar-refractivity contribution < 1.29 is 17.9 Å². The van der Waals surface area contributed by atoms with Crippen LogP contribution in [0.1, 0.15) is 29.2 Å². The van der Waals surface area contributed by atoms with Crippen molar-refractivity contribution in [2.24, 2.45) is 0 Å². The second kappa shape index (κ2) is 8.78. The molecule has 0 saturated carbocycles. The maximum absolute atomic E-state index is 12.9. The van der Waals surface area contributed by atoms with Crippen molar-refractivity contribution in [3.05, 3.63) is 58.7 Å². The Morgan fingerprint density at radius 2 is 1.53 bits per heavy atom. The summed E-state index contributed by atoms with van der Waals surface area (Å²) in [4.78, 5) is 14.9. The Balaban J connectivity index is 1.63. The van der Waals surface area contributed by atoms with Crippen LogP contribution in [0, 0.1) is 27.7 Å². The summed E-state index contributed by atoms with van der Waals surface area (Å²) in [6, 6.07) is 10.9. The highest BCUT2D eigenvalue weighted by molar-refractivity contribution is 7.89. The molecule has 0 aromatic heterocycles. The van der Waals surface area contributed by atoms with E-state index in [4.69, 9.17) is 4.74 Å². The van der Waals surface area contributed by atoms with Crippen molar-refractivity contribution in [2.45, 2.75) is 45.6 Å². The van der Waals surface area contributed by atoms with Gasteiger partial charge < -0.3 is 9.64 Å². The smallest absolute Gasteiger partial charge is 0.263 e. The number of benzene rings is 2. The molecule has 162 valence electrons. The monoisotopic (exact) mass is 430 g/mol. The fraction of sp³-hybridized carbons (Fsp3) is 0.435. The molecule has 6 nitrogen and oxygen atoms in total. The highest BCUT2D eigenvalue weighted by atomic mass is 32.2. The minimum atomic E-state index is -3.55. The predicted molar refractivity (Wildman–Crippen MR) is 117 cm³/mol. The molecule has 3 rings (SSSR count). The maximum atomic E-state index is 12.9. The van der Waals surface area contributed by atoms with Crippen molar-refractivity contribution in [1.29, 1.82) is 0 Å². The van der Waals surface area contributed by atoms with Gasteiger partial charge in [-0.05, 0) is 69.5 Å². The summed E-state index contributed by atoms with van der Waals surface area (Å²) in [5, 5.41) is 0. The lowest BCUT2D eigenvalue weighted by Crippen LogP contribution is -2.53. The molecule has 0 radical (unpaired) electrons. The normalized spacial score (nSPS) is 16.4. The predicted octanol–water partition coefficient (Wildman–Crippen LogP) is 3.22. The van der Waals surface area contributed by atoms with Crippen LogP contribution >= 0.6 is 0 Å². The lowest BCUT2D eigenvalue weighted by Gasteiger charge is -2.35. The Kier molecular flexibility index (Phi) is 6.53. The average molecular weight is 431 g/mol. The highest BCUT2D eigenvalue weighted by Gasteiger charge is 2.32. The van der Waals surface area contributed by atoms with Gasteiger partial charge in [-0.3, -0.25) is 4.79 Å². The van der Waals surface area contributed by atoms with Crippen LogP contribution < -0.4 is 4.74 Å². The highest BCUT2D eigenvalue weighted by Crippen LogP contribution is 2.25. The first kappa shape index (κ1) is 22.3. The Labute approximate surface area is 179 Å². The van der Waals surface area contributed by atoms with E-state index in [9.17, 15) is 13.2 Å². The van der Waals surface area contributed by atoms with Gasteiger partial charge in [-0.15, -0.1) is 0 Å². The first-order valence-corrected chi connectivity index (χ1v) is 11.6. The molecular weight excluding hydrogens is 400 g/mol. The third kappa shape index (κ3) is 4.68. The van der Waals surface area contributed by atoms with Crippen LogP contribution in [0.25, 0.3) is 0 Å². The van der Waals surface area contributed by atoms with E-state index < -0.39 is 16.1 Å². The van der Waals surface area contributed by atoms with Crippen molar-refractivity contribution in [3.8, 4) is 5.75 Å². The maximum Gasteiger partial charge on any atom is 0.263 e. The number of ether oxygens (including phenoxy) is 1. The molecule has 1 aliphatic rings. The van der Waals surface area contributed by atoms with Gasteiger partial charge in [0.25, 0.3) is 5.91 Å². The second-order valence-corrected chi connectivity index (χ2v) is 9.95. The minimum absolute atomic E-state index is 0.124. The van der Waals surface area contributed by atoms with Crippen LogP contribution in [-0.2, 0) is 14.8 Å². The number of carbonyl (C=O) groups excluding carboxylic acids is 1. The third-order valence-electron chi connectivity index (χ3n) is 5.62. The number of rotatable bonds is 5. The zero-order valence-corrected chi connectivity index (χ0v) is 19.1. The van der Waals surface area contributed by atoms with Crippen LogP contribution in [0.2, 0.25) is 0 Å². The van der Waals surface area contributed by atoms with Crippen LogP contribution in [-0.4, -0.2) is 55.8 Å². The van der Waals surface area contributed by atoms with Crippen LogP contribution in [0.5, 0.6) is 5.75 Å². The summed E-state index contributed by atoms with van der Waals surface area (Å²) in [6.07, 6.45) is -0.634. The third-order valence-corrected chi connectivity index (χ3v) is 7.54. The lowest BCUT2D eigenvalue weighted by molar-refractivity contribution is -0.139. The Hall–Kier alpha value is -2.38. The summed E-state index contributed by atoms with van der Waals surface area (Å²) in [5.41, 5.74) is 4.24. The summed E-state index contributed by atoms with van der Waals surface area (Å²) < 4.78 is 33.1. The summed E-state index contributed by atoms with van der Waals surface area (Å²) in [5.74, 6) is 0.592. The molecule has 1 saturated heterocycles. The number of carbonyl (C=O) groups is 1. The Bertz CT molecular complexity index is 1020. The molecule has 1 amide bonds. The van der Waals surface area contributed by atoms with Gasteiger partial charge in [-0.2, -0.15) is 4.31 Å². The van der Waals surface area contributed by atoms with Crippen molar-refractivity contribution >= 4 is 15.9 Å². The van der Waals surface area contributed by atoms with E-state index >= 15 is 0 Å². The molecule has 0 bridgehead atoms. The average Bonchev–Trinajstić information content (AvgIpc) is 2.71. The fourth-order valence-electron chi connectivity index (χ4n) is 3.63. The van der Waals surface area contributed by atoms with Crippen LogP contribution in [0.3, 0.4) is 0 Å². The molecular formula is C23H30N2O4S. The fourth-order valence-corrected chi connectivity index (χ4v) is 5.05. The Morgan fingerprint density at radius 1 is 0.933 bits per heavy atom. The molecule has 2 aromatic rings. The molecule has 1 atom stereocenters. The Morgan fingerprint density at radius 3 is 2.13 bits per heavy atom. The van der Waals surface area contributed by atoms with E-state index in [2.05, 4.69) is 6.07 Å². The number of hydrogen-bond donors (Lipinski definition) is 0. The molecule has 0 N–H and O–H groups in total. The van der Waals surface area contributed by atoms with Gasteiger partial charge in [0.05, 0.1) is 4.90 Å². The topological polar surface area (TPSA) is 66.9 Å². The zero-order chi connectivity index (χ0) is 22.1. The van der Waals surface area contributed by atoms with Gasteiger partial charge in [0.2, 0.25) is 10.0 Å². The van der Waals surface area contributed by atoms with Gasteiger partial charge in [0.15, 0.2) is 6.10 Å². The molecule has 2 aromatic carbocycles. The van der Waals surface area contributed by atoms with Crippen molar-refractivity contribution in [3.63, 3.8) is 0 Å². The van der Waals surface area contributed by atoms with Crippen molar-refractivity contribution in [1.82, 2.24) is 9.21 Å². The molecule has 1 aliphatic heterocycles. The van der Waals surface area contributed by atoms with Crippen LogP contribution in [0.4, 0.5) is 0 Å². The van der Waals surface area contributed by atoms with E-state index in [1.807, 2.05) is 33.8 Å². The van der Waals surface area contributed by atoms with E-state index in [1.54, 1.807) is 36.1 Å². The van der Waals surface area contributed by atoms with E-state index in [0.717, 1.165) is 22.3 Å². The van der Waals surface area contributed by atoms with Gasteiger partial charge >= 0.3 is 0 Å². The second-order valence-electron chi connectivity index (χ2n) is 8.01.